The van der Waals surface area contributed by atoms with Gasteiger partial charge in [-0.15, -0.1) is 0 Å². The van der Waals surface area contributed by atoms with Crippen LogP contribution < -0.4 is 16.6 Å². The van der Waals surface area contributed by atoms with Crippen molar-refractivity contribution in [3.8, 4) is 0 Å². The van der Waals surface area contributed by atoms with Gasteiger partial charge < -0.3 is 40.5 Å². The monoisotopic (exact) mass is 534 g/mol. The molecule has 2 fully saturated rings. The number of fused-ring (bicyclic) bond motifs is 1. The van der Waals surface area contributed by atoms with Gasteiger partial charge >= 0.3 is 23.5 Å². The van der Waals surface area contributed by atoms with E-state index in [9.17, 15) is 33.4 Å². The number of ether oxygens (including phenoxy) is 1. The smallest absolute Gasteiger partial charge is 0.388 e. The summed E-state index contributed by atoms with van der Waals surface area (Å²) in [6.45, 7) is -0.642. The quantitative estimate of drug-likeness (QED) is 0.130. The molecule has 33 heavy (non-hydrogen) atoms. The van der Waals surface area contributed by atoms with E-state index in [0.717, 1.165) is 0 Å². The van der Waals surface area contributed by atoms with Gasteiger partial charge in [0.25, 0.3) is 5.56 Å². The summed E-state index contributed by atoms with van der Waals surface area (Å²) >= 11 is 0. The number of imidazole rings is 1. The van der Waals surface area contributed by atoms with Crippen molar-refractivity contribution in [3.63, 3.8) is 0 Å². The Hall–Kier alpha value is -1.56. The van der Waals surface area contributed by atoms with E-state index in [4.69, 9.17) is 20.3 Å². The fourth-order valence-corrected chi connectivity index (χ4v) is 6.38. The number of aromatic amines is 1. The zero-order valence-electron chi connectivity index (χ0n) is 16.0. The summed E-state index contributed by atoms with van der Waals surface area (Å²) in [4.78, 5) is 58.1. The van der Waals surface area contributed by atoms with Crippen LogP contribution in [0.3, 0.4) is 0 Å². The van der Waals surface area contributed by atoms with E-state index in [-0.39, 0.29) is 23.7 Å². The van der Waals surface area contributed by atoms with Crippen molar-refractivity contribution in [2.24, 2.45) is 0 Å². The molecule has 4 unspecified atom stereocenters. The molecule has 2 aliphatic heterocycles. The van der Waals surface area contributed by atoms with Crippen molar-refractivity contribution in [2.75, 3.05) is 18.9 Å². The lowest BCUT2D eigenvalue weighted by molar-refractivity contribution is -0.0433. The third-order valence-electron chi connectivity index (χ3n) is 4.73. The summed E-state index contributed by atoms with van der Waals surface area (Å²) in [6.07, 6.45) is -2.48. The molecular formula is C11H17N6O13P3. The van der Waals surface area contributed by atoms with Crippen molar-refractivity contribution in [1.82, 2.24) is 24.8 Å². The van der Waals surface area contributed by atoms with Crippen molar-refractivity contribution in [2.45, 2.75) is 24.0 Å². The molecular weight excluding hydrogens is 517 g/mol. The normalized spacial score (nSPS) is 31.0. The van der Waals surface area contributed by atoms with Gasteiger partial charge in [0.15, 0.2) is 17.4 Å². The zero-order chi connectivity index (χ0) is 24.4. The molecule has 2 saturated heterocycles. The fourth-order valence-electron chi connectivity index (χ4n) is 3.35. The van der Waals surface area contributed by atoms with E-state index in [1.165, 1.54) is 10.9 Å². The van der Waals surface area contributed by atoms with E-state index in [0.29, 0.717) is 0 Å². The number of H-pyrrole nitrogens is 1. The van der Waals surface area contributed by atoms with Gasteiger partial charge in [0.1, 0.15) is 17.7 Å². The average molecular weight is 534 g/mol. The Morgan fingerprint density at radius 2 is 1.91 bits per heavy atom. The van der Waals surface area contributed by atoms with Crippen LogP contribution in [0, 0.1) is 0 Å². The number of aliphatic hydroxyl groups is 1. The van der Waals surface area contributed by atoms with Crippen LogP contribution in [-0.2, 0) is 31.6 Å². The van der Waals surface area contributed by atoms with Crippen LogP contribution in [0.1, 0.15) is 6.23 Å². The molecule has 4 heterocycles. The highest BCUT2D eigenvalue weighted by Gasteiger charge is 2.65. The van der Waals surface area contributed by atoms with E-state index >= 15 is 0 Å². The third kappa shape index (κ3) is 4.96. The van der Waals surface area contributed by atoms with Gasteiger partial charge in [-0.1, -0.05) is 0 Å². The molecule has 0 amide bonds. The second kappa shape index (κ2) is 8.00. The highest BCUT2D eigenvalue weighted by Crippen LogP contribution is 2.66. The number of rotatable bonds is 8. The van der Waals surface area contributed by atoms with Crippen molar-refractivity contribution >= 4 is 40.6 Å². The minimum atomic E-state index is -5.70. The summed E-state index contributed by atoms with van der Waals surface area (Å²) in [5.74, 6) is -0.199. The minimum Gasteiger partial charge on any atom is -0.388 e. The summed E-state index contributed by atoms with van der Waals surface area (Å²) in [7, 11) is -16.7. The molecule has 1 spiro atoms. The van der Waals surface area contributed by atoms with E-state index in [1.54, 1.807) is 0 Å². The van der Waals surface area contributed by atoms with E-state index in [2.05, 4.69) is 33.4 Å². The van der Waals surface area contributed by atoms with Crippen LogP contribution in [0.4, 0.5) is 5.95 Å². The Morgan fingerprint density at radius 1 is 1.24 bits per heavy atom. The van der Waals surface area contributed by atoms with Gasteiger partial charge in [-0.3, -0.25) is 18.9 Å². The molecule has 6 atom stereocenters. The van der Waals surface area contributed by atoms with Crippen LogP contribution in [0.2, 0.25) is 0 Å². The molecule has 184 valence electrons. The fraction of sp³-hybridized carbons (Fsp3) is 0.545. The summed E-state index contributed by atoms with van der Waals surface area (Å²) in [5.41, 5.74) is 3.81. The van der Waals surface area contributed by atoms with Gasteiger partial charge in [0.05, 0.1) is 12.9 Å². The molecule has 2 aromatic rings. The summed E-state index contributed by atoms with van der Waals surface area (Å²) in [5, 5.41) is 13.6. The van der Waals surface area contributed by atoms with Crippen LogP contribution in [0.5, 0.6) is 0 Å². The molecule has 0 bridgehead atoms. The molecule has 2 aromatic heterocycles. The lowest BCUT2D eigenvalue weighted by Crippen LogP contribution is -2.39. The van der Waals surface area contributed by atoms with Gasteiger partial charge in [-0.25, -0.2) is 18.7 Å². The highest BCUT2D eigenvalue weighted by molar-refractivity contribution is 7.66. The third-order valence-corrected chi connectivity index (χ3v) is 8.53. The maximum Gasteiger partial charge on any atom is 0.490 e. The summed E-state index contributed by atoms with van der Waals surface area (Å²) < 4.78 is 52.8. The van der Waals surface area contributed by atoms with Crippen molar-refractivity contribution in [3.05, 3.63) is 16.7 Å². The Labute approximate surface area is 181 Å². The number of aliphatic hydroxyl groups excluding tert-OH is 1. The average Bonchev–Trinajstić information content (AvgIpc) is 3.25. The predicted octanol–water partition coefficient (Wildman–Crippen LogP) is -2.35. The number of hydrogen-bond donors (Lipinski definition) is 8. The van der Waals surface area contributed by atoms with Gasteiger partial charge in [0.2, 0.25) is 5.95 Å². The second-order valence-corrected chi connectivity index (χ2v) is 11.4. The Bertz CT molecular complexity index is 1280. The van der Waals surface area contributed by atoms with Gasteiger partial charge in [-0.05, 0) is 0 Å². The number of nitrogens with zero attached hydrogens (tertiary/aromatic N) is 3. The predicted molar refractivity (Wildman–Crippen MR) is 103 cm³/mol. The standard InChI is InChI=1S/C11H17N6O13P3/c12-10-15-7-5(8(19)16-10)13-3-17(7)9-11(2-14-11)6(18)4(28-9)1-27-32(23,24)30-33(25,26)29-31(20,21)22/h3-4,6,9,14,18H,1-2H2,(H,23,24)(H,25,26)(H2,20,21,22)(H3,12,15,16,19)/t4-,6?,9?,11+/m1/s1. The lowest BCUT2D eigenvalue weighted by Gasteiger charge is -2.19. The van der Waals surface area contributed by atoms with Crippen LogP contribution >= 0.6 is 23.5 Å². The molecule has 0 aliphatic carbocycles. The first-order chi connectivity index (χ1) is 15.1. The van der Waals surface area contributed by atoms with E-state index in [1.807, 2.05) is 0 Å². The molecule has 0 radical (unpaired) electrons. The molecule has 9 N–H and O–H groups in total. The number of anilines is 1. The number of nitrogen functional groups attached to an aromatic ring is 1. The van der Waals surface area contributed by atoms with Crippen LogP contribution in [0.15, 0.2) is 11.1 Å². The Morgan fingerprint density at radius 3 is 2.52 bits per heavy atom. The van der Waals surface area contributed by atoms with E-state index < -0.39 is 59.6 Å². The topological polar surface area (TPSA) is 301 Å². The molecule has 22 heteroatoms. The zero-order valence-corrected chi connectivity index (χ0v) is 18.7. The molecule has 2 aliphatic rings. The molecule has 19 nitrogen and oxygen atoms in total. The number of hydrogen-bond acceptors (Lipinski definition) is 13. The summed E-state index contributed by atoms with van der Waals surface area (Å²) in [6, 6.07) is 0. The van der Waals surface area contributed by atoms with Crippen molar-refractivity contribution in [1.29, 1.82) is 0 Å². The molecule has 4 rings (SSSR count). The van der Waals surface area contributed by atoms with Gasteiger partial charge in [0, 0.05) is 6.54 Å². The first kappa shape index (κ1) is 24.6. The number of phosphoric acid groups is 3. The number of nitrogens with one attached hydrogen (secondary N) is 2. The lowest BCUT2D eigenvalue weighted by atomic mass is 10.00. The van der Waals surface area contributed by atoms with Crippen LogP contribution in [0.25, 0.3) is 11.2 Å². The molecule has 0 saturated carbocycles. The maximum atomic E-state index is 12.0. The minimum absolute atomic E-state index is 0.0371. The van der Waals surface area contributed by atoms with Gasteiger partial charge in [-0.2, -0.15) is 13.6 Å². The largest absolute Gasteiger partial charge is 0.490 e. The van der Waals surface area contributed by atoms with Crippen molar-refractivity contribution < 1.29 is 56.3 Å². The first-order valence-electron chi connectivity index (χ1n) is 8.72. The maximum absolute atomic E-state index is 12.0. The number of aromatic nitrogens is 4. The highest BCUT2D eigenvalue weighted by atomic mass is 31.3. The first-order valence-corrected chi connectivity index (χ1v) is 13.2. The second-order valence-electron chi connectivity index (χ2n) is 7.03. The SMILES string of the molecule is Nc1nc2c(ncn2C2O[C@H](COP(=O)(O)OP(=O)(O)OP(=O)(O)O)C(O)[C@@]23CN3)c(=O)[nH]1. The Balaban J connectivity index is 1.50. The Kier molecular flexibility index (Phi) is 5.95. The number of nitrogens with two attached hydrogens (primary N) is 1. The molecule has 0 aromatic carbocycles. The van der Waals surface area contributed by atoms with Crippen LogP contribution in [-0.4, -0.2) is 75.1 Å². The number of phosphoric ester groups is 1.